The fourth-order valence-corrected chi connectivity index (χ4v) is 0.685. The Hall–Kier alpha value is -0.830. The highest BCUT2D eigenvalue weighted by Crippen LogP contribution is 1.83. The number of nitrogens with zero attached hydrogens (tertiary/aromatic N) is 2. The molecule has 1 aromatic rings. The maximum Gasteiger partial charge on any atom is 0.0662 e. The second-order valence-electron chi connectivity index (χ2n) is 1.90. The van der Waals surface area contributed by atoms with Crippen molar-refractivity contribution >= 4 is 0 Å². The Bertz CT molecular complexity index is 160. The van der Waals surface area contributed by atoms with Crippen molar-refractivity contribution in [2.45, 2.75) is 13.5 Å². The van der Waals surface area contributed by atoms with Crippen LogP contribution in [0.3, 0.4) is 0 Å². The lowest BCUT2D eigenvalue weighted by Gasteiger charge is -1.99. The first-order valence-electron chi connectivity index (χ1n) is 3.39. The lowest BCUT2D eigenvalue weighted by molar-refractivity contribution is 0.136. The Labute approximate surface area is 60.6 Å². The van der Waals surface area contributed by atoms with E-state index < -0.39 is 0 Å². The SMILES string of the molecule is CCOCCn1c[c]cn1. The largest absolute Gasteiger partial charge is 0.380 e. The van der Waals surface area contributed by atoms with Crippen LogP contribution in [0.1, 0.15) is 6.92 Å². The molecule has 0 N–H and O–H groups in total. The molecule has 0 aliphatic heterocycles. The highest BCUT2D eigenvalue weighted by molar-refractivity contribution is 4.74. The quantitative estimate of drug-likeness (QED) is 0.575. The van der Waals surface area contributed by atoms with Crippen molar-refractivity contribution in [1.82, 2.24) is 9.78 Å². The van der Waals surface area contributed by atoms with Crippen molar-refractivity contribution < 1.29 is 4.74 Å². The molecule has 1 radical (unpaired) electrons. The number of hydrogen-bond acceptors (Lipinski definition) is 2. The molecular weight excluding hydrogens is 128 g/mol. The van der Waals surface area contributed by atoms with Crippen LogP contribution in [0.4, 0.5) is 0 Å². The Morgan fingerprint density at radius 2 is 2.60 bits per heavy atom. The summed E-state index contributed by atoms with van der Waals surface area (Å²) in [7, 11) is 0. The van der Waals surface area contributed by atoms with Crippen LogP contribution in [0.2, 0.25) is 0 Å². The van der Waals surface area contributed by atoms with Gasteiger partial charge in [-0.1, -0.05) is 0 Å². The Morgan fingerprint density at radius 3 is 3.20 bits per heavy atom. The first kappa shape index (κ1) is 7.28. The first-order chi connectivity index (χ1) is 4.93. The molecule has 0 unspecified atom stereocenters. The van der Waals surface area contributed by atoms with E-state index in [1.165, 1.54) is 0 Å². The molecular formula is C7H11N2O. The predicted octanol–water partition coefficient (Wildman–Crippen LogP) is 0.720. The molecule has 0 amide bonds. The maximum atomic E-state index is 5.13. The van der Waals surface area contributed by atoms with E-state index in [-0.39, 0.29) is 0 Å². The summed E-state index contributed by atoms with van der Waals surface area (Å²) in [5.41, 5.74) is 0. The molecule has 1 heterocycles. The molecule has 1 aromatic heterocycles. The molecule has 0 saturated heterocycles. The summed E-state index contributed by atoms with van der Waals surface area (Å²) in [6.07, 6.45) is 3.45. The molecule has 0 spiro atoms. The molecule has 0 aromatic carbocycles. The third kappa shape index (κ3) is 2.19. The van der Waals surface area contributed by atoms with E-state index >= 15 is 0 Å². The summed E-state index contributed by atoms with van der Waals surface area (Å²) >= 11 is 0. The summed E-state index contributed by atoms with van der Waals surface area (Å²) in [5, 5.41) is 3.97. The Morgan fingerprint density at radius 1 is 1.70 bits per heavy atom. The van der Waals surface area contributed by atoms with Gasteiger partial charge in [-0.05, 0) is 6.92 Å². The highest BCUT2D eigenvalue weighted by atomic mass is 16.5. The van der Waals surface area contributed by atoms with Gasteiger partial charge in [-0.3, -0.25) is 4.68 Å². The van der Waals surface area contributed by atoms with Gasteiger partial charge in [0.1, 0.15) is 0 Å². The average molecular weight is 139 g/mol. The van der Waals surface area contributed by atoms with Crippen LogP contribution in [0, 0.1) is 6.07 Å². The van der Waals surface area contributed by atoms with Gasteiger partial charge in [0.2, 0.25) is 0 Å². The topological polar surface area (TPSA) is 27.1 Å². The molecule has 0 saturated carbocycles. The Kier molecular flexibility index (Phi) is 2.96. The zero-order valence-electron chi connectivity index (χ0n) is 6.08. The lowest BCUT2D eigenvalue weighted by atomic mass is 10.6. The van der Waals surface area contributed by atoms with Crippen LogP contribution < -0.4 is 0 Å². The van der Waals surface area contributed by atoms with Crippen LogP contribution in [0.15, 0.2) is 12.4 Å². The third-order valence-electron chi connectivity index (χ3n) is 1.17. The molecule has 3 heteroatoms. The van der Waals surface area contributed by atoms with Gasteiger partial charge in [-0.2, -0.15) is 5.10 Å². The van der Waals surface area contributed by atoms with Crippen LogP contribution >= 0.6 is 0 Å². The first-order valence-corrected chi connectivity index (χ1v) is 3.39. The fraction of sp³-hybridized carbons (Fsp3) is 0.571. The highest BCUT2D eigenvalue weighted by Gasteiger charge is 1.87. The number of aromatic nitrogens is 2. The van der Waals surface area contributed by atoms with Crippen molar-refractivity contribution in [3.63, 3.8) is 0 Å². The second-order valence-corrected chi connectivity index (χ2v) is 1.90. The number of rotatable bonds is 4. The van der Waals surface area contributed by atoms with Gasteiger partial charge in [-0.25, -0.2) is 0 Å². The predicted molar refractivity (Wildman–Crippen MR) is 37.6 cm³/mol. The zero-order valence-corrected chi connectivity index (χ0v) is 6.08. The molecule has 3 nitrogen and oxygen atoms in total. The van der Waals surface area contributed by atoms with Gasteiger partial charge >= 0.3 is 0 Å². The Balaban J connectivity index is 2.15. The molecule has 0 aliphatic carbocycles. The van der Waals surface area contributed by atoms with Crippen LogP contribution in [-0.4, -0.2) is 23.0 Å². The zero-order chi connectivity index (χ0) is 7.23. The monoisotopic (exact) mass is 139 g/mol. The van der Waals surface area contributed by atoms with Gasteiger partial charge in [0.05, 0.1) is 19.3 Å². The fourth-order valence-electron chi connectivity index (χ4n) is 0.685. The van der Waals surface area contributed by atoms with Crippen molar-refractivity contribution in [3.05, 3.63) is 18.5 Å². The normalized spacial score (nSPS) is 10.1. The van der Waals surface area contributed by atoms with E-state index in [1.54, 1.807) is 17.1 Å². The standard InChI is InChI=1S/C7H11N2O/c1-2-10-7-6-9-5-3-4-8-9/h4-5H,2,6-7H2,1H3. The van der Waals surface area contributed by atoms with Crippen molar-refractivity contribution in [2.24, 2.45) is 0 Å². The van der Waals surface area contributed by atoms with Crippen LogP contribution in [0.5, 0.6) is 0 Å². The van der Waals surface area contributed by atoms with E-state index in [4.69, 9.17) is 4.74 Å². The summed E-state index contributed by atoms with van der Waals surface area (Å²) < 4.78 is 6.93. The molecule has 0 atom stereocenters. The van der Waals surface area contributed by atoms with Gasteiger partial charge in [0.15, 0.2) is 0 Å². The molecule has 0 aliphatic rings. The minimum absolute atomic E-state index is 0.728. The molecule has 55 valence electrons. The molecule has 10 heavy (non-hydrogen) atoms. The number of hydrogen-bond donors (Lipinski definition) is 0. The lowest BCUT2D eigenvalue weighted by Crippen LogP contribution is -2.05. The summed E-state index contributed by atoms with van der Waals surface area (Å²) in [6, 6.07) is 2.85. The van der Waals surface area contributed by atoms with Crippen molar-refractivity contribution in [2.75, 3.05) is 13.2 Å². The average Bonchev–Trinajstić information content (AvgIpc) is 2.41. The minimum Gasteiger partial charge on any atom is -0.380 e. The van der Waals surface area contributed by atoms with Gasteiger partial charge in [0, 0.05) is 18.9 Å². The summed E-state index contributed by atoms with van der Waals surface area (Å²) in [4.78, 5) is 0. The summed E-state index contributed by atoms with van der Waals surface area (Å²) in [6.45, 7) is 4.30. The second kappa shape index (κ2) is 4.06. The van der Waals surface area contributed by atoms with E-state index in [1.807, 2.05) is 6.92 Å². The smallest absolute Gasteiger partial charge is 0.0662 e. The molecule has 0 bridgehead atoms. The van der Waals surface area contributed by atoms with E-state index in [2.05, 4.69) is 11.2 Å². The third-order valence-corrected chi connectivity index (χ3v) is 1.17. The molecule has 1 rings (SSSR count). The maximum absolute atomic E-state index is 5.13. The van der Waals surface area contributed by atoms with Crippen LogP contribution in [-0.2, 0) is 11.3 Å². The summed E-state index contributed by atoms with van der Waals surface area (Å²) in [5.74, 6) is 0. The van der Waals surface area contributed by atoms with Crippen molar-refractivity contribution in [3.8, 4) is 0 Å². The van der Waals surface area contributed by atoms with E-state index in [0.717, 1.165) is 19.8 Å². The van der Waals surface area contributed by atoms with Crippen LogP contribution in [0.25, 0.3) is 0 Å². The van der Waals surface area contributed by atoms with Gasteiger partial charge in [-0.15, -0.1) is 0 Å². The van der Waals surface area contributed by atoms with Gasteiger partial charge < -0.3 is 4.74 Å². The van der Waals surface area contributed by atoms with Crippen molar-refractivity contribution in [1.29, 1.82) is 0 Å². The number of ether oxygens (including phenoxy) is 1. The minimum atomic E-state index is 0.728. The molecule has 0 fully saturated rings. The van der Waals surface area contributed by atoms with E-state index in [9.17, 15) is 0 Å². The van der Waals surface area contributed by atoms with Gasteiger partial charge in [0.25, 0.3) is 0 Å². The van der Waals surface area contributed by atoms with E-state index in [0.29, 0.717) is 0 Å².